The Morgan fingerprint density at radius 1 is 1.53 bits per heavy atom. The summed E-state index contributed by atoms with van der Waals surface area (Å²) in [5.41, 5.74) is 7.20. The fourth-order valence-corrected chi connectivity index (χ4v) is 2.48. The zero-order chi connectivity index (χ0) is 12.8. The van der Waals surface area contributed by atoms with Gasteiger partial charge in [-0.1, -0.05) is 0 Å². The lowest BCUT2D eigenvalue weighted by Crippen LogP contribution is -2.32. The number of benzene rings is 1. The van der Waals surface area contributed by atoms with E-state index in [0.717, 1.165) is 24.0 Å². The monoisotopic (exact) mass is 237 g/mol. The van der Waals surface area contributed by atoms with Crippen LogP contribution in [0.25, 0.3) is 0 Å². The Kier molecular flexibility index (Phi) is 2.70. The van der Waals surface area contributed by atoms with Gasteiger partial charge in [0.15, 0.2) is 0 Å². The third-order valence-corrected chi connectivity index (χ3v) is 3.74. The van der Waals surface area contributed by atoms with Gasteiger partial charge in [-0.2, -0.15) is 0 Å². The van der Waals surface area contributed by atoms with Crippen molar-refractivity contribution in [3.63, 3.8) is 0 Å². The maximum atomic E-state index is 13.5. The first-order chi connectivity index (χ1) is 7.88. The number of rotatable bonds is 3. The first-order valence-corrected chi connectivity index (χ1v) is 5.68. The van der Waals surface area contributed by atoms with E-state index in [0.29, 0.717) is 0 Å². The molecular weight excluding hydrogens is 221 g/mol. The third-order valence-electron chi connectivity index (χ3n) is 3.74. The molecule has 0 spiro atoms. The lowest BCUT2D eigenvalue weighted by Gasteiger charge is -2.22. The van der Waals surface area contributed by atoms with Gasteiger partial charge in [-0.25, -0.2) is 9.18 Å². The van der Waals surface area contributed by atoms with Gasteiger partial charge in [0.25, 0.3) is 0 Å². The second-order valence-corrected chi connectivity index (χ2v) is 4.90. The van der Waals surface area contributed by atoms with Gasteiger partial charge in [0, 0.05) is 11.5 Å². The van der Waals surface area contributed by atoms with Crippen LogP contribution in [-0.2, 0) is 5.41 Å². The van der Waals surface area contributed by atoms with Crippen molar-refractivity contribution in [3.05, 3.63) is 34.6 Å². The predicted octanol–water partition coefficient (Wildman–Crippen LogP) is 2.21. The number of hydrogen-bond acceptors (Lipinski definition) is 2. The van der Waals surface area contributed by atoms with Crippen molar-refractivity contribution < 1.29 is 14.3 Å². The van der Waals surface area contributed by atoms with Crippen LogP contribution in [0.1, 0.15) is 41.3 Å². The normalized spacial score (nSPS) is 18.8. The van der Waals surface area contributed by atoms with Crippen LogP contribution in [-0.4, -0.2) is 17.1 Å². The number of aromatic carboxylic acids is 1. The molecule has 17 heavy (non-hydrogen) atoms. The van der Waals surface area contributed by atoms with Crippen LogP contribution < -0.4 is 5.73 Å². The van der Waals surface area contributed by atoms with Crippen LogP contribution in [0.4, 0.5) is 4.39 Å². The first kappa shape index (κ1) is 12.0. The van der Waals surface area contributed by atoms with Crippen molar-refractivity contribution in [3.8, 4) is 0 Å². The molecule has 0 aliphatic heterocycles. The third kappa shape index (κ3) is 1.82. The van der Waals surface area contributed by atoms with E-state index < -0.39 is 11.8 Å². The lowest BCUT2D eigenvalue weighted by molar-refractivity contribution is 0.0691. The Morgan fingerprint density at radius 3 is 2.53 bits per heavy atom. The summed E-state index contributed by atoms with van der Waals surface area (Å²) < 4.78 is 13.5. The van der Waals surface area contributed by atoms with Gasteiger partial charge >= 0.3 is 5.97 Å². The number of nitrogens with two attached hydrogens (primary N) is 1. The molecule has 1 aromatic carbocycles. The molecule has 1 unspecified atom stereocenters. The van der Waals surface area contributed by atoms with Gasteiger partial charge < -0.3 is 10.8 Å². The number of carbonyl (C=O) groups is 1. The highest BCUT2D eigenvalue weighted by molar-refractivity contribution is 5.88. The number of aryl methyl sites for hydroxylation is 1. The molecule has 1 atom stereocenters. The molecule has 3 nitrogen and oxygen atoms in total. The van der Waals surface area contributed by atoms with E-state index in [1.54, 1.807) is 6.92 Å². The van der Waals surface area contributed by atoms with E-state index in [2.05, 4.69) is 0 Å². The number of carboxylic acids is 1. The Balaban J connectivity index is 2.55. The summed E-state index contributed by atoms with van der Waals surface area (Å²) in [4.78, 5) is 10.9. The lowest BCUT2D eigenvalue weighted by atomic mass is 9.85. The first-order valence-electron chi connectivity index (χ1n) is 5.68. The van der Waals surface area contributed by atoms with Gasteiger partial charge in [-0.15, -0.1) is 0 Å². The Labute approximate surface area is 99.4 Å². The summed E-state index contributed by atoms with van der Waals surface area (Å²) in [5.74, 6) is -1.91. The Bertz CT molecular complexity index is 479. The maximum Gasteiger partial charge on any atom is 0.338 e. The van der Waals surface area contributed by atoms with Gasteiger partial charge in [0.2, 0.25) is 0 Å². The number of hydrogen-bond donors (Lipinski definition) is 2. The number of carboxylic acid groups (broad SMARTS) is 1. The average molecular weight is 237 g/mol. The molecule has 1 fully saturated rings. The molecule has 0 heterocycles. The molecule has 0 bridgehead atoms. The van der Waals surface area contributed by atoms with Crippen molar-refractivity contribution in [1.82, 2.24) is 0 Å². The molecule has 1 aliphatic carbocycles. The van der Waals surface area contributed by atoms with Gasteiger partial charge in [-0.3, -0.25) is 0 Å². The Hall–Kier alpha value is -1.42. The summed E-state index contributed by atoms with van der Waals surface area (Å²) in [5, 5.41) is 8.93. The summed E-state index contributed by atoms with van der Waals surface area (Å²) in [7, 11) is 0. The molecular formula is C13H16FNO2. The van der Waals surface area contributed by atoms with E-state index in [1.165, 1.54) is 12.1 Å². The fraction of sp³-hybridized carbons (Fsp3) is 0.462. The number of halogens is 1. The molecule has 1 saturated carbocycles. The molecule has 4 heteroatoms. The second-order valence-electron chi connectivity index (χ2n) is 4.90. The fourth-order valence-electron chi connectivity index (χ4n) is 2.48. The molecule has 0 aromatic heterocycles. The molecule has 1 aliphatic rings. The molecule has 3 N–H and O–H groups in total. The molecule has 1 aromatic rings. The van der Waals surface area contributed by atoms with Crippen LogP contribution in [0.5, 0.6) is 0 Å². The minimum absolute atomic E-state index is 0.0479. The summed E-state index contributed by atoms with van der Waals surface area (Å²) in [6, 6.07) is 2.69. The van der Waals surface area contributed by atoms with E-state index >= 15 is 0 Å². The summed E-state index contributed by atoms with van der Waals surface area (Å²) in [6.07, 6.45) is 1.88. The van der Waals surface area contributed by atoms with Crippen LogP contribution in [0.3, 0.4) is 0 Å². The van der Waals surface area contributed by atoms with Crippen LogP contribution in [0.15, 0.2) is 12.1 Å². The molecule has 0 radical (unpaired) electrons. The summed E-state index contributed by atoms with van der Waals surface area (Å²) >= 11 is 0. The van der Waals surface area contributed by atoms with Crippen molar-refractivity contribution >= 4 is 5.97 Å². The van der Waals surface area contributed by atoms with E-state index in [9.17, 15) is 9.18 Å². The zero-order valence-corrected chi connectivity index (χ0v) is 9.96. The van der Waals surface area contributed by atoms with Crippen molar-refractivity contribution in [2.75, 3.05) is 0 Å². The smallest absolute Gasteiger partial charge is 0.338 e. The molecule has 0 saturated heterocycles. The maximum absolute atomic E-state index is 13.5. The highest BCUT2D eigenvalue weighted by Gasteiger charge is 2.48. The molecule has 2 rings (SSSR count). The van der Waals surface area contributed by atoms with Crippen LogP contribution in [0.2, 0.25) is 0 Å². The van der Waals surface area contributed by atoms with E-state index in [-0.39, 0.29) is 17.0 Å². The van der Waals surface area contributed by atoms with Crippen LogP contribution >= 0.6 is 0 Å². The van der Waals surface area contributed by atoms with Crippen molar-refractivity contribution in [1.29, 1.82) is 0 Å². The topological polar surface area (TPSA) is 63.3 Å². The van der Waals surface area contributed by atoms with E-state index in [1.807, 2.05) is 6.92 Å². The second kappa shape index (κ2) is 3.81. The largest absolute Gasteiger partial charge is 0.478 e. The predicted molar refractivity (Wildman–Crippen MR) is 62.7 cm³/mol. The van der Waals surface area contributed by atoms with Gasteiger partial charge in [0.1, 0.15) is 5.82 Å². The highest BCUT2D eigenvalue weighted by atomic mass is 19.1. The van der Waals surface area contributed by atoms with Crippen LogP contribution in [0, 0.1) is 12.7 Å². The van der Waals surface area contributed by atoms with Crippen molar-refractivity contribution in [2.45, 2.75) is 38.1 Å². The van der Waals surface area contributed by atoms with Crippen molar-refractivity contribution in [2.24, 2.45) is 5.73 Å². The Morgan fingerprint density at radius 2 is 2.12 bits per heavy atom. The summed E-state index contributed by atoms with van der Waals surface area (Å²) in [6.45, 7) is 3.71. The minimum atomic E-state index is -1.23. The highest BCUT2D eigenvalue weighted by Crippen LogP contribution is 2.51. The van der Waals surface area contributed by atoms with E-state index in [4.69, 9.17) is 10.8 Å². The van der Waals surface area contributed by atoms with Gasteiger partial charge in [-0.05, 0) is 49.9 Å². The standard InChI is InChI=1S/C13H16FNO2/c1-7-5-11(14)9(12(16)17)6-10(7)13(3-4-13)8(2)15/h5-6,8H,3-4,15H2,1-2H3,(H,16,17). The minimum Gasteiger partial charge on any atom is -0.478 e. The zero-order valence-electron chi connectivity index (χ0n) is 9.96. The molecule has 0 amide bonds. The average Bonchev–Trinajstić information content (AvgIpc) is 2.97. The van der Waals surface area contributed by atoms with Gasteiger partial charge in [0.05, 0.1) is 5.56 Å². The molecule has 92 valence electrons. The quantitative estimate of drug-likeness (QED) is 0.847. The SMILES string of the molecule is Cc1cc(F)c(C(=O)O)cc1C1(C(C)N)CC1.